The van der Waals surface area contributed by atoms with E-state index in [-0.39, 0.29) is 17.9 Å². The first-order valence-electron chi connectivity index (χ1n) is 4.79. The molecule has 0 spiro atoms. The van der Waals surface area contributed by atoms with Gasteiger partial charge in [0, 0.05) is 18.5 Å². The predicted molar refractivity (Wildman–Crippen MR) is 46.4 cm³/mol. The van der Waals surface area contributed by atoms with E-state index in [2.05, 4.69) is 5.32 Å². The van der Waals surface area contributed by atoms with Crippen molar-refractivity contribution in [1.82, 2.24) is 5.32 Å². The van der Waals surface area contributed by atoms with Crippen LogP contribution in [-0.2, 0) is 4.79 Å². The number of nitrogens with one attached hydrogen (secondary N) is 1. The van der Waals surface area contributed by atoms with Crippen molar-refractivity contribution in [2.75, 3.05) is 6.54 Å². The van der Waals surface area contributed by atoms with Gasteiger partial charge in [0.1, 0.15) is 0 Å². The van der Waals surface area contributed by atoms with Crippen LogP contribution in [0, 0.1) is 11.8 Å². The van der Waals surface area contributed by atoms with E-state index in [1.807, 2.05) is 0 Å². The third-order valence-electron chi connectivity index (χ3n) is 2.81. The molecule has 0 atom stereocenters. The lowest BCUT2D eigenvalue weighted by Gasteiger charge is -2.31. The summed E-state index contributed by atoms with van der Waals surface area (Å²) in [7, 11) is 0. The van der Waals surface area contributed by atoms with Crippen molar-refractivity contribution in [3.63, 3.8) is 0 Å². The maximum Gasteiger partial charge on any atom is 0.223 e. The summed E-state index contributed by atoms with van der Waals surface area (Å²) in [6, 6.07) is 0.279. The molecule has 2 rings (SSSR count). The van der Waals surface area contributed by atoms with E-state index < -0.39 is 0 Å². The maximum atomic E-state index is 11.3. The molecule has 3 N–H and O–H groups in total. The van der Waals surface area contributed by atoms with Crippen LogP contribution < -0.4 is 11.1 Å². The Kier molecular flexibility index (Phi) is 2.05. The zero-order valence-electron chi connectivity index (χ0n) is 7.25. The van der Waals surface area contributed by atoms with E-state index in [0.717, 1.165) is 25.3 Å². The van der Waals surface area contributed by atoms with Gasteiger partial charge in [-0.05, 0) is 31.6 Å². The van der Waals surface area contributed by atoms with Gasteiger partial charge in [-0.15, -0.1) is 0 Å². The molecule has 12 heavy (non-hydrogen) atoms. The average molecular weight is 168 g/mol. The van der Waals surface area contributed by atoms with Crippen LogP contribution in [0.2, 0.25) is 0 Å². The molecule has 1 amide bonds. The van der Waals surface area contributed by atoms with Crippen molar-refractivity contribution in [2.45, 2.75) is 31.7 Å². The Morgan fingerprint density at radius 1 is 1.42 bits per heavy atom. The lowest BCUT2D eigenvalue weighted by molar-refractivity contribution is -0.127. The van der Waals surface area contributed by atoms with Crippen LogP contribution in [0.15, 0.2) is 0 Å². The highest BCUT2D eigenvalue weighted by Gasteiger charge is 2.32. The monoisotopic (exact) mass is 168 g/mol. The summed E-state index contributed by atoms with van der Waals surface area (Å²) >= 11 is 0. The fourth-order valence-electron chi connectivity index (χ4n) is 1.59. The lowest BCUT2D eigenvalue weighted by atomic mass is 9.80. The maximum absolute atomic E-state index is 11.3. The summed E-state index contributed by atoms with van der Waals surface area (Å²) in [4.78, 5) is 11.3. The minimum atomic E-state index is 0.221. The lowest BCUT2D eigenvalue weighted by Crippen LogP contribution is -2.45. The third kappa shape index (κ3) is 1.78. The van der Waals surface area contributed by atoms with Crippen LogP contribution in [0.1, 0.15) is 25.7 Å². The zero-order chi connectivity index (χ0) is 8.55. The van der Waals surface area contributed by atoms with Crippen molar-refractivity contribution >= 4 is 5.91 Å². The third-order valence-corrected chi connectivity index (χ3v) is 2.81. The van der Waals surface area contributed by atoms with Gasteiger partial charge in [0.05, 0.1) is 0 Å². The fourth-order valence-corrected chi connectivity index (χ4v) is 1.59. The molecule has 2 aliphatic rings. The van der Waals surface area contributed by atoms with Gasteiger partial charge in [0.15, 0.2) is 0 Å². The van der Waals surface area contributed by atoms with Crippen LogP contribution in [0.25, 0.3) is 0 Å². The molecule has 0 saturated heterocycles. The first-order valence-corrected chi connectivity index (χ1v) is 4.79. The van der Waals surface area contributed by atoms with Crippen LogP contribution in [0.3, 0.4) is 0 Å². The summed E-state index contributed by atoms with van der Waals surface area (Å²) in [5.74, 6) is 1.23. The van der Waals surface area contributed by atoms with Crippen molar-refractivity contribution in [2.24, 2.45) is 17.6 Å². The van der Waals surface area contributed by atoms with Crippen LogP contribution in [0.4, 0.5) is 0 Å². The molecule has 0 radical (unpaired) electrons. The molecular weight excluding hydrogens is 152 g/mol. The quantitative estimate of drug-likeness (QED) is 0.634. The molecule has 0 unspecified atom stereocenters. The SMILES string of the molecule is NC1CC(C(=O)NCC2CC2)C1. The molecule has 68 valence electrons. The summed E-state index contributed by atoms with van der Waals surface area (Å²) < 4.78 is 0. The highest BCUT2D eigenvalue weighted by Crippen LogP contribution is 2.29. The minimum Gasteiger partial charge on any atom is -0.356 e. The Labute approximate surface area is 72.7 Å². The second-order valence-corrected chi connectivity index (χ2v) is 4.12. The number of amides is 1. The van der Waals surface area contributed by atoms with Crippen molar-refractivity contribution in [1.29, 1.82) is 0 Å². The van der Waals surface area contributed by atoms with Crippen LogP contribution in [0.5, 0.6) is 0 Å². The zero-order valence-corrected chi connectivity index (χ0v) is 7.25. The molecule has 2 saturated carbocycles. The molecule has 0 bridgehead atoms. The molecule has 3 heteroatoms. The summed E-state index contributed by atoms with van der Waals surface area (Å²) in [6.07, 6.45) is 4.36. The second kappa shape index (κ2) is 3.05. The van der Waals surface area contributed by atoms with Gasteiger partial charge in [0.2, 0.25) is 5.91 Å². The van der Waals surface area contributed by atoms with E-state index in [1.165, 1.54) is 12.8 Å². The van der Waals surface area contributed by atoms with Crippen molar-refractivity contribution in [3.05, 3.63) is 0 Å². The molecule has 0 aliphatic heterocycles. The Morgan fingerprint density at radius 2 is 2.08 bits per heavy atom. The van der Waals surface area contributed by atoms with Gasteiger partial charge in [-0.1, -0.05) is 0 Å². The molecule has 2 fully saturated rings. The van der Waals surface area contributed by atoms with Crippen molar-refractivity contribution in [3.8, 4) is 0 Å². The van der Waals surface area contributed by atoms with Gasteiger partial charge >= 0.3 is 0 Å². The Balaban J connectivity index is 1.63. The average Bonchev–Trinajstić information content (AvgIpc) is 2.77. The smallest absolute Gasteiger partial charge is 0.223 e. The first kappa shape index (κ1) is 8.05. The van der Waals surface area contributed by atoms with Crippen LogP contribution >= 0.6 is 0 Å². The van der Waals surface area contributed by atoms with E-state index >= 15 is 0 Å². The second-order valence-electron chi connectivity index (χ2n) is 4.12. The summed E-state index contributed by atoms with van der Waals surface area (Å²) in [5, 5.41) is 2.97. The number of carbonyl (C=O) groups excluding carboxylic acids is 1. The van der Waals surface area contributed by atoms with E-state index in [9.17, 15) is 4.79 Å². The molecular formula is C9H16N2O. The van der Waals surface area contributed by atoms with Crippen molar-refractivity contribution < 1.29 is 4.79 Å². The summed E-state index contributed by atoms with van der Waals surface area (Å²) in [5.41, 5.74) is 5.59. The van der Waals surface area contributed by atoms with Gasteiger partial charge < -0.3 is 11.1 Å². The molecule has 0 aromatic heterocycles. The molecule has 0 aromatic rings. The Bertz CT molecular complexity index is 183. The standard InChI is InChI=1S/C9H16N2O/c10-8-3-7(4-8)9(12)11-5-6-1-2-6/h6-8H,1-5,10H2,(H,11,12). The van der Waals surface area contributed by atoms with Crippen LogP contribution in [-0.4, -0.2) is 18.5 Å². The molecule has 2 aliphatic carbocycles. The largest absolute Gasteiger partial charge is 0.356 e. The van der Waals surface area contributed by atoms with Gasteiger partial charge in [0.25, 0.3) is 0 Å². The highest BCUT2D eigenvalue weighted by atomic mass is 16.1. The number of hydrogen-bond donors (Lipinski definition) is 2. The minimum absolute atomic E-state index is 0.221. The number of hydrogen-bond acceptors (Lipinski definition) is 2. The van der Waals surface area contributed by atoms with E-state index in [1.54, 1.807) is 0 Å². The normalized spacial score (nSPS) is 34.1. The van der Waals surface area contributed by atoms with Gasteiger partial charge in [-0.25, -0.2) is 0 Å². The fraction of sp³-hybridized carbons (Fsp3) is 0.889. The highest BCUT2D eigenvalue weighted by molar-refractivity contribution is 5.79. The Hall–Kier alpha value is -0.570. The predicted octanol–water partition coefficient (Wildman–Crippen LogP) is 0.250. The molecule has 3 nitrogen and oxygen atoms in total. The van der Waals surface area contributed by atoms with E-state index in [0.29, 0.717) is 0 Å². The number of rotatable bonds is 3. The topological polar surface area (TPSA) is 55.1 Å². The Morgan fingerprint density at radius 3 is 2.58 bits per heavy atom. The molecule has 0 aromatic carbocycles. The van der Waals surface area contributed by atoms with E-state index in [4.69, 9.17) is 5.73 Å². The van der Waals surface area contributed by atoms with Gasteiger partial charge in [-0.3, -0.25) is 4.79 Å². The number of nitrogens with two attached hydrogens (primary N) is 1. The first-order chi connectivity index (χ1) is 5.75. The number of carbonyl (C=O) groups is 1. The molecule has 0 heterocycles. The van der Waals surface area contributed by atoms with Gasteiger partial charge in [-0.2, -0.15) is 0 Å². The summed E-state index contributed by atoms with van der Waals surface area (Å²) in [6.45, 7) is 0.893.